The first-order chi connectivity index (χ1) is 12.2. The number of hydrogen-bond acceptors (Lipinski definition) is 4. The lowest BCUT2D eigenvalue weighted by Crippen LogP contribution is -2.50. The molecule has 1 saturated heterocycles. The average molecular weight is 382 g/mol. The zero-order valence-corrected chi connectivity index (χ0v) is 16.0. The summed E-state index contributed by atoms with van der Waals surface area (Å²) in [5.41, 5.74) is 1.08. The number of aliphatic carboxylic acids is 1. The fourth-order valence-corrected chi connectivity index (χ4v) is 4.32. The predicted octanol–water partition coefficient (Wildman–Crippen LogP) is 1.90. The Morgan fingerprint density at radius 1 is 1.04 bits per heavy atom. The van der Waals surface area contributed by atoms with Crippen LogP contribution in [0.5, 0.6) is 0 Å². The van der Waals surface area contributed by atoms with E-state index < -0.39 is 16.0 Å². The summed E-state index contributed by atoms with van der Waals surface area (Å²) in [6.45, 7) is 5.26. The summed E-state index contributed by atoms with van der Waals surface area (Å²) >= 11 is 0. The van der Waals surface area contributed by atoms with Crippen LogP contribution in [0, 0.1) is 0 Å². The second-order valence-electron chi connectivity index (χ2n) is 6.76. The van der Waals surface area contributed by atoms with Crippen LogP contribution in [-0.2, 0) is 19.6 Å². The number of piperazine rings is 1. The summed E-state index contributed by atoms with van der Waals surface area (Å²) < 4.78 is 26.9. The van der Waals surface area contributed by atoms with E-state index in [-0.39, 0.29) is 36.7 Å². The molecule has 1 aromatic carbocycles. The number of carbonyl (C=O) groups excluding carboxylic acids is 1. The van der Waals surface area contributed by atoms with E-state index in [4.69, 9.17) is 5.11 Å². The van der Waals surface area contributed by atoms with Gasteiger partial charge >= 0.3 is 5.97 Å². The molecule has 144 valence electrons. The molecule has 1 fully saturated rings. The van der Waals surface area contributed by atoms with E-state index in [2.05, 4.69) is 13.8 Å². The Labute approximate surface area is 154 Å². The summed E-state index contributed by atoms with van der Waals surface area (Å²) in [6.07, 6.45) is 0.442. The molecule has 2 rings (SSSR count). The molecule has 0 saturated carbocycles. The van der Waals surface area contributed by atoms with E-state index in [1.165, 1.54) is 4.31 Å². The molecule has 0 aromatic heterocycles. The highest BCUT2D eigenvalue weighted by Gasteiger charge is 2.29. The Hall–Kier alpha value is -1.93. The van der Waals surface area contributed by atoms with Crippen LogP contribution in [0.2, 0.25) is 0 Å². The number of carbonyl (C=O) groups is 2. The third-order valence-corrected chi connectivity index (χ3v) is 6.47. The molecule has 1 aliphatic rings. The number of hydrogen-bond donors (Lipinski definition) is 1. The molecule has 1 aromatic rings. The van der Waals surface area contributed by atoms with Crippen LogP contribution in [0.25, 0.3) is 0 Å². The zero-order valence-electron chi connectivity index (χ0n) is 15.2. The van der Waals surface area contributed by atoms with Crippen molar-refractivity contribution in [3.8, 4) is 0 Å². The molecule has 7 nitrogen and oxygen atoms in total. The van der Waals surface area contributed by atoms with Gasteiger partial charge in [-0.1, -0.05) is 26.0 Å². The van der Waals surface area contributed by atoms with E-state index >= 15 is 0 Å². The molecule has 0 atom stereocenters. The summed E-state index contributed by atoms with van der Waals surface area (Å²) in [6, 6.07) is 6.93. The van der Waals surface area contributed by atoms with Gasteiger partial charge < -0.3 is 10.0 Å². The monoisotopic (exact) mass is 382 g/mol. The Kier molecular flexibility index (Phi) is 6.77. The molecule has 8 heteroatoms. The third kappa shape index (κ3) is 5.04. The average Bonchev–Trinajstić information content (AvgIpc) is 2.61. The maximum Gasteiger partial charge on any atom is 0.303 e. The van der Waals surface area contributed by atoms with Crippen LogP contribution in [0.3, 0.4) is 0 Å². The van der Waals surface area contributed by atoms with Crippen molar-refractivity contribution in [2.45, 2.75) is 43.9 Å². The molecule has 0 aliphatic carbocycles. The molecule has 1 heterocycles. The van der Waals surface area contributed by atoms with Crippen molar-refractivity contribution in [2.24, 2.45) is 0 Å². The lowest BCUT2D eigenvalue weighted by atomic mass is 10.0. The van der Waals surface area contributed by atoms with E-state index in [1.807, 2.05) is 12.1 Å². The van der Waals surface area contributed by atoms with Crippen molar-refractivity contribution >= 4 is 21.9 Å². The maximum absolute atomic E-state index is 12.7. The minimum Gasteiger partial charge on any atom is -0.481 e. The van der Waals surface area contributed by atoms with Gasteiger partial charge in [0.1, 0.15) is 0 Å². The zero-order chi connectivity index (χ0) is 19.3. The molecule has 0 unspecified atom stereocenters. The summed E-state index contributed by atoms with van der Waals surface area (Å²) in [7, 11) is -3.56. The van der Waals surface area contributed by atoms with Gasteiger partial charge in [-0.2, -0.15) is 4.31 Å². The summed E-state index contributed by atoms with van der Waals surface area (Å²) in [4.78, 5) is 24.5. The summed E-state index contributed by atoms with van der Waals surface area (Å²) in [5.74, 6) is -0.704. The quantitative estimate of drug-likeness (QED) is 0.777. The standard InChI is InChI=1S/C18H26N2O5S/c1-14(2)15-6-8-16(9-7-15)26(24,25)20-12-10-19(11-13-20)17(21)4-3-5-18(22)23/h6-9,14H,3-5,10-13H2,1-2H3,(H,22,23). The molecule has 0 spiro atoms. The van der Waals surface area contributed by atoms with E-state index in [0.29, 0.717) is 25.4 Å². The van der Waals surface area contributed by atoms with Crippen LogP contribution in [0.1, 0.15) is 44.6 Å². The van der Waals surface area contributed by atoms with Crippen LogP contribution < -0.4 is 0 Å². The van der Waals surface area contributed by atoms with Gasteiger partial charge in [-0.25, -0.2) is 8.42 Å². The van der Waals surface area contributed by atoms with Crippen LogP contribution in [-0.4, -0.2) is 60.8 Å². The number of benzene rings is 1. The number of carboxylic acid groups (broad SMARTS) is 1. The van der Waals surface area contributed by atoms with Crippen molar-refractivity contribution in [3.05, 3.63) is 29.8 Å². The first-order valence-electron chi connectivity index (χ1n) is 8.81. The van der Waals surface area contributed by atoms with E-state index in [0.717, 1.165) is 5.56 Å². The smallest absolute Gasteiger partial charge is 0.303 e. The van der Waals surface area contributed by atoms with Crippen molar-refractivity contribution in [1.29, 1.82) is 0 Å². The first-order valence-corrected chi connectivity index (χ1v) is 10.3. The highest BCUT2D eigenvalue weighted by molar-refractivity contribution is 7.89. The summed E-state index contributed by atoms with van der Waals surface area (Å²) in [5, 5.41) is 8.62. The van der Waals surface area contributed by atoms with Crippen molar-refractivity contribution < 1.29 is 23.1 Å². The molecular weight excluding hydrogens is 356 g/mol. The number of rotatable bonds is 7. The second kappa shape index (κ2) is 8.64. The van der Waals surface area contributed by atoms with Gasteiger partial charge in [0.25, 0.3) is 0 Å². The normalized spacial score (nSPS) is 16.0. The van der Waals surface area contributed by atoms with Crippen LogP contribution >= 0.6 is 0 Å². The minimum atomic E-state index is -3.56. The van der Waals surface area contributed by atoms with E-state index in [1.54, 1.807) is 17.0 Å². The highest BCUT2D eigenvalue weighted by atomic mass is 32.2. The highest BCUT2D eigenvalue weighted by Crippen LogP contribution is 2.21. The maximum atomic E-state index is 12.7. The Morgan fingerprint density at radius 3 is 2.12 bits per heavy atom. The van der Waals surface area contributed by atoms with Gasteiger partial charge in [-0.15, -0.1) is 0 Å². The second-order valence-corrected chi connectivity index (χ2v) is 8.69. The minimum absolute atomic E-state index is 0.0353. The Balaban J connectivity index is 1.93. The Morgan fingerprint density at radius 2 is 1.62 bits per heavy atom. The van der Waals surface area contributed by atoms with E-state index in [9.17, 15) is 18.0 Å². The molecular formula is C18H26N2O5S. The number of carboxylic acids is 1. The molecule has 1 N–H and O–H groups in total. The van der Waals surface area contributed by atoms with Gasteiger partial charge in [0.15, 0.2) is 0 Å². The number of amides is 1. The Bertz CT molecular complexity index is 735. The topological polar surface area (TPSA) is 95.0 Å². The van der Waals surface area contributed by atoms with Gasteiger partial charge in [-0.05, 0) is 30.0 Å². The molecule has 0 bridgehead atoms. The van der Waals surface area contributed by atoms with Crippen LogP contribution in [0.4, 0.5) is 0 Å². The number of nitrogens with zero attached hydrogens (tertiary/aromatic N) is 2. The van der Waals surface area contributed by atoms with Gasteiger partial charge in [0, 0.05) is 39.0 Å². The van der Waals surface area contributed by atoms with Gasteiger partial charge in [0.05, 0.1) is 4.90 Å². The van der Waals surface area contributed by atoms with Crippen LogP contribution in [0.15, 0.2) is 29.2 Å². The first kappa shape index (κ1) is 20.4. The SMILES string of the molecule is CC(C)c1ccc(S(=O)(=O)N2CCN(C(=O)CCCC(=O)O)CC2)cc1. The lowest BCUT2D eigenvalue weighted by Gasteiger charge is -2.34. The van der Waals surface area contributed by atoms with Gasteiger partial charge in [-0.3, -0.25) is 9.59 Å². The predicted molar refractivity (Wildman–Crippen MR) is 97.4 cm³/mol. The fraction of sp³-hybridized carbons (Fsp3) is 0.556. The van der Waals surface area contributed by atoms with Crippen molar-refractivity contribution in [2.75, 3.05) is 26.2 Å². The largest absolute Gasteiger partial charge is 0.481 e. The third-order valence-electron chi connectivity index (χ3n) is 4.56. The molecule has 0 radical (unpaired) electrons. The fourth-order valence-electron chi connectivity index (χ4n) is 2.90. The lowest BCUT2D eigenvalue weighted by molar-refractivity contribution is -0.137. The number of sulfonamides is 1. The van der Waals surface area contributed by atoms with Crippen molar-refractivity contribution in [3.63, 3.8) is 0 Å². The van der Waals surface area contributed by atoms with Crippen molar-refractivity contribution in [1.82, 2.24) is 9.21 Å². The van der Waals surface area contributed by atoms with Gasteiger partial charge in [0.2, 0.25) is 15.9 Å². The molecule has 1 amide bonds. The molecule has 26 heavy (non-hydrogen) atoms. The molecule has 1 aliphatic heterocycles.